The first-order chi connectivity index (χ1) is 13.2. The number of methoxy groups -OCH3 is 1. The van der Waals surface area contributed by atoms with Crippen molar-refractivity contribution in [3.63, 3.8) is 0 Å². The standard InChI is InChI=1S/C19H23ClN2O5S/c1-14(13-27-16-10-8-15(26-2)9-11-16)21-19(23)12-22(28(3,24)25)18-7-5-4-6-17(18)20/h4-11,14H,12-13H2,1-3H3,(H,21,23)/t14-/m1/s1. The molecule has 0 bridgehead atoms. The van der Waals surface area contributed by atoms with E-state index in [1.807, 2.05) is 0 Å². The second kappa shape index (κ2) is 9.66. The normalized spacial score (nSPS) is 12.1. The molecule has 9 heteroatoms. The Labute approximate surface area is 170 Å². The van der Waals surface area contributed by atoms with E-state index in [0.717, 1.165) is 10.6 Å². The monoisotopic (exact) mass is 426 g/mol. The maximum Gasteiger partial charge on any atom is 0.241 e. The topological polar surface area (TPSA) is 84.9 Å². The van der Waals surface area contributed by atoms with Gasteiger partial charge in [-0.2, -0.15) is 0 Å². The SMILES string of the molecule is COc1ccc(OC[C@@H](C)NC(=O)CN(c2ccccc2Cl)S(C)(=O)=O)cc1. The Bertz CT molecular complexity index is 903. The molecular weight excluding hydrogens is 404 g/mol. The highest BCUT2D eigenvalue weighted by Crippen LogP contribution is 2.26. The number of carbonyl (C=O) groups excluding carboxylic acids is 1. The molecule has 1 N–H and O–H groups in total. The number of hydrogen-bond acceptors (Lipinski definition) is 5. The predicted molar refractivity (Wildman–Crippen MR) is 110 cm³/mol. The maximum atomic E-state index is 12.4. The van der Waals surface area contributed by atoms with Crippen LogP contribution < -0.4 is 19.1 Å². The van der Waals surface area contributed by atoms with Gasteiger partial charge < -0.3 is 14.8 Å². The average molecular weight is 427 g/mol. The Morgan fingerprint density at radius 1 is 1.14 bits per heavy atom. The van der Waals surface area contributed by atoms with Crippen molar-refractivity contribution in [3.8, 4) is 11.5 Å². The van der Waals surface area contributed by atoms with E-state index < -0.39 is 15.9 Å². The van der Waals surface area contributed by atoms with Crippen molar-refractivity contribution in [2.75, 3.05) is 30.8 Å². The van der Waals surface area contributed by atoms with E-state index >= 15 is 0 Å². The largest absolute Gasteiger partial charge is 0.497 e. The number of benzene rings is 2. The van der Waals surface area contributed by atoms with Gasteiger partial charge in [0.25, 0.3) is 0 Å². The van der Waals surface area contributed by atoms with Gasteiger partial charge in [-0.1, -0.05) is 23.7 Å². The third kappa shape index (κ3) is 6.31. The Kier molecular flexibility index (Phi) is 7.53. The summed E-state index contributed by atoms with van der Waals surface area (Å²) in [5.41, 5.74) is 0.254. The number of amides is 1. The maximum absolute atomic E-state index is 12.4. The first-order valence-electron chi connectivity index (χ1n) is 8.49. The fourth-order valence-electron chi connectivity index (χ4n) is 2.42. The molecule has 0 radical (unpaired) electrons. The van der Waals surface area contributed by atoms with Gasteiger partial charge in [0.1, 0.15) is 24.7 Å². The lowest BCUT2D eigenvalue weighted by Gasteiger charge is -2.24. The number of sulfonamides is 1. The summed E-state index contributed by atoms with van der Waals surface area (Å²) in [5.74, 6) is 0.890. The van der Waals surface area contributed by atoms with Gasteiger partial charge in [0.15, 0.2) is 0 Å². The molecule has 1 amide bonds. The smallest absolute Gasteiger partial charge is 0.241 e. The third-order valence-electron chi connectivity index (χ3n) is 3.78. The van der Waals surface area contributed by atoms with Crippen LogP contribution in [0.3, 0.4) is 0 Å². The highest BCUT2D eigenvalue weighted by atomic mass is 35.5. The van der Waals surface area contributed by atoms with Crippen molar-refractivity contribution in [1.29, 1.82) is 0 Å². The van der Waals surface area contributed by atoms with Crippen LogP contribution in [0.4, 0.5) is 5.69 Å². The lowest BCUT2D eigenvalue weighted by Crippen LogP contribution is -2.45. The molecule has 1 atom stereocenters. The van der Waals surface area contributed by atoms with E-state index in [4.69, 9.17) is 21.1 Å². The molecule has 2 aromatic rings. The molecule has 0 fully saturated rings. The van der Waals surface area contributed by atoms with Gasteiger partial charge in [-0.25, -0.2) is 8.42 Å². The molecule has 0 aliphatic heterocycles. The predicted octanol–water partition coefficient (Wildman–Crippen LogP) is 2.70. The minimum atomic E-state index is -3.69. The fraction of sp³-hybridized carbons (Fsp3) is 0.316. The van der Waals surface area contributed by atoms with Crippen LogP contribution in [-0.2, 0) is 14.8 Å². The van der Waals surface area contributed by atoms with Crippen molar-refractivity contribution >= 4 is 33.2 Å². The summed E-state index contributed by atoms with van der Waals surface area (Å²) in [6.45, 7) is 1.61. The summed E-state index contributed by atoms with van der Waals surface area (Å²) >= 11 is 6.09. The van der Waals surface area contributed by atoms with Gasteiger partial charge in [-0.3, -0.25) is 9.10 Å². The lowest BCUT2D eigenvalue weighted by atomic mass is 10.3. The first kappa shape index (κ1) is 21.8. The zero-order valence-electron chi connectivity index (χ0n) is 15.9. The Morgan fingerprint density at radius 3 is 2.32 bits per heavy atom. The van der Waals surface area contributed by atoms with Crippen molar-refractivity contribution in [1.82, 2.24) is 5.32 Å². The molecule has 0 saturated heterocycles. The molecule has 152 valence electrons. The summed E-state index contributed by atoms with van der Waals surface area (Å²) < 4.78 is 35.9. The van der Waals surface area contributed by atoms with Crippen molar-refractivity contribution in [2.24, 2.45) is 0 Å². The molecule has 0 spiro atoms. The highest BCUT2D eigenvalue weighted by Gasteiger charge is 2.23. The van der Waals surface area contributed by atoms with Crippen molar-refractivity contribution < 1.29 is 22.7 Å². The highest BCUT2D eigenvalue weighted by molar-refractivity contribution is 7.92. The molecule has 2 rings (SSSR count). The molecule has 0 aliphatic carbocycles. The van der Waals surface area contributed by atoms with Gasteiger partial charge >= 0.3 is 0 Å². The molecule has 0 aliphatic rings. The number of nitrogens with zero attached hydrogens (tertiary/aromatic N) is 1. The van der Waals surface area contributed by atoms with Crippen LogP contribution in [0.5, 0.6) is 11.5 Å². The van der Waals surface area contributed by atoms with Gasteiger partial charge in [-0.15, -0.1) is 0 Å². The summed E-state index contributed by atoms with van der Waals surface area (Å²) in [6.07, 6.45) is 1.03. The zero-order valence-corrected chi connectivity index (χ0v) is 17.5. The molecule has 28 heavy (non-hydrogen) atoms. The van der Waals surface area contributed by atoms with Gasteiger partial charge in [0.2, 0.25) is 15.9 Å². The Balaban J connectivity index is 1.95. The number of hydrogen-bond donors (Lipinski definition) is 1. The second-order valence-corrected chi connectivity index (χ2v) is 8.49. The number of anilines is 1. The van der Waals surface area contributed by atoms with Crippen LogP contribution in [0.1, 0.15) is 6.92 Å². The summed E-state index contributed by atoms with van der Waals surface area (Å²) in [5, 5.41) is 2.97. The molecule has 0 unspecified atom stereocenters. The summed E-state index contributed by atoms with van der Waals surface area (Å²) in [6, 6.07) is 13.2. The van der Waals surface area contributed by atoms with Gasteiger partial charge in [0.05, 0.1) is 30.1 Å². The number of halogens is 1. The lowest BCUT2D eigenvalue weighted by molar-refractivity contribution is -0.120. The van der Waals surface area contributed by atoms with E-state index in [9.17, 15) is 13.2 Å². The summed E-state index contributed by atoms with van der Waals surface area (Å²) in [7, 11) is -2.11. The molecule has 7 nitrogen and oxygen atoms in total. The van der Waals surface area contributed by atoms with Crippen LogP contribution in [-0.4, -0.2) is 46.9 Å². The molecule has 2 aromatic carbocycles. The Morgan fingerprint density at radius 2 is 1.75 bits per heavy atom. The molecule has 0 heterocycles. The molecule has 0 saturated carbocycles. The number of carbonyl (C=O) groups is 1. The van der Waals surface area contributed by atoms with Crippen LogP contribution in [0.2, 0.25) is 5.02 Å². The third-order valence-corrected chi connectivity index (χ3v) is 5.22. The van der Waals surface area contributed by atoms with E-state index in [1.165, 1.54) is 0 Å². The van der Waals surface area contributed by atoms with Gasteiger partial charge in [0, 0.05) is 0 Å². The quantitative estimate of drug-likeness (QED) is 0.666. The van der Waals surface area contributed by atoms with Crippen molar-refractivity contribution in [3.05, 3.63) is 53.6 Å². The Hall–Kier alpha value is -2.45. The summed E-state index contributed by atoms with van der Waals surface area (Å²) in [4.78, 5) is 12.4. The number of ether oxygens (including phenoxy) is 2. The average Bonchev–Trinajstić information content (AvgIpc) is 2.65. The van der Waals surface area contributed by atoms with Crippen LogP contribution >= 0.6 is 11.6 Å². The van der Waals surface area contributed by atoms with Crippen molar-refractivity contribution in [2.45, 2.75) is 13.0 Å². The molecule has 0 aromatic heterocycles. The first-order valence-corrected chi connectivity index (χ1v) is 10.7. The number of rotatable bonds is 9. The van der Waals surface area contributed by atoms with Crippen LogP contribution in [0, 0.1) is 0 Å². The van der Waals surface area contributed by atoms with E-state index in [2.05, 4.69) is 5.32 Å². The zero-order chi connectivity index (χ0) is 20.7. The second-order valence-electron chi connectivity index (χ2n) is 6.18. The molecular formula is C19H23ClN2O5S. The number of para-hydroxylation sites is 1. The minimum absolute atomic E-state index is 0.225. The van der Waals surface area contributed by atoms with Crippen LogP contribution in [0.25, 0.3) is 0 Å². The van der Waals surface area contributed by atoms with Crippen LogP contribution in [0.15, 0.2) is 48.5 Å². The minimum Gasteiger partial charge on any atom is -0.497 e. The van der Waals surface area contributed by atoms with E-state index in [-0.39, 0.29) is 29.9 Å². The van der Waals surface area contributed by atoms with Gasteiger partial charge in [-0.05, 0) is 43.3 Å². The van der Waals surface area contributed by atoms with E-state index in [1.54, 1.807) is 62.6 Å². The van der Waals surface area contributed by atoms with E-state index in [0.29, 0.717) is 11.5 Å². The number of nitrogens with one attached hydrogen (secondary N) is 1. The fourth-order valence-corrected chi connectivity index (χ4v) is 3.58.